The van der Waals surface area contributed by atoms with Crippen LogP contribution in [0.15, 0.2) is 43.0 Å². The van der Waals surface area contributed by atoms with Gasteiger partial charge in [0.2, 0.25) is 0 Å². The lowest BCUT2D eigenvalue weighted by Gasteiger charge is -2.27. The molecule has 4 nitrogen and oxygen atoms in total. The molecule has 4 rings (SSSR count). The van der Waals surface area contributed by atoms with Crippen molar-refractivity contribution in [3.05, 3.63) is 69.8 Å². The van der Waals surface area contributed by atoms with Crippen molar-refractivity contribution < 1.29 is 9.66 Å². The van der Waals surface area contributed by atoms with Crippen LogP contribution in [0, 0.1) is 10.1 Å². The van der Waals surface area contributed by atoms with Crippen LogP contribution in [0.25, 0.3) is 5.57 Å². The Labute approximate surface area is 185 Å². The molecule has 0 spiro atoms. The molecule has 31 heavy (non-hydrogen) atoms. The molecule has 0 aromatic heterocycles. The van der Waals surface area contributed by atoms with Gasteiger partial charge in [0.05, 0.1) is 4.92 Å². The third kappa shape index (κ3) is 5.00. The largest absolute Gasteiger partial charge is 0.457 e. The predicted octanol–water partition coefficient (Wildman–Crippen LogP) is 8.52. The lowest BCUT2D eigenvalue weighted by Crippen LogP contribution is -2.09. The zero-order chi connectivity index (χ0) is 21.8. The monoisotopic (exact) mass is 419 g/mol. The fourth-order valence-corrected chi connectivity index (χ4v) is 5.23. The van der Waals surface area contributed by atoms with Crippen LogP contribution < -0.4 is 4.74 Å². The van der Waals surface area contributed by atoms with Gasteiger partial charge in [-0.15, -0.1) is 0 Å². The second kappa shape index (κ2) is 9.67. The standard InChI is InChI=1S/C27H33NO3/c1-19(2)22-13-15-26(24(17-22)20-9-5-3-6-10-20)31-27-16-14-23(28(29)30)18-25(27)21-11-7-4-8-12-21/h13-18,20-21H,1,3-12H2,2H3. The number of nitro benzene ring substituents is 1. The third-order valence-electron chi connectivity index (χ3n) is 7.02. The highest BCUT2D eigenvalue weighted by molar-refractivity contribution is 5.64. The van der Waals surface area contributed by atoms with Crippen molar-refractivity contribution in [3.8, 4) is 11.5 Å². The van der Waals surface area contributed by atoms with Crippen molar-refractivity contribution in [3.63, 3.8) is 0 Å². The van der Waals surface area contributed by atoms with Crippen molar-refractivity contribution in [2.45, 2.75) is 83.0 Å². The molecule has 2 aromatic rings. The lowest BCUT2D eigenvalue weighted by molar-refractivity contribution is -0.385. The molecule has 2 fully saturated rings. The molecule has 0 unspecified atom stereocenters. The maximum absolute atomic E-state index is 11.4. The SMILES string of the molecule is C=C(C)c1ccc(Oc2ccc([N+](=O)[O-])cc2C2CCCCC2)c(C2CCCCC2)c1. The predicted molar refractivity (Wildman–Crippen MR) is 126 cm³/mol. The smallest absolute Gasteiger partial charge is 0.269 e. The van der Waals surface area contributed by atoms with Gasteiger partial charge in [0.25, 0.3) is 5.69 Å². The Morgan fingerprint density at radius 2 is 1.39 bits per heavy atom. The first kappa shape index (κ1) is 21.6. The normalized spacial score (nSPS) is 18.0. The quantitative estimate of drug-likeness (QED) is 0.348. The number of non-ortho nitro benzene ring substituents is 1. The number of allylic oxidation sites excluding steroid dienone is 1. The Bertz CT molecular complexity index is 875. The van der Waals surface area contributed by atoms with Crippen LogP contribution in [0.3, 0.4) is 0 Å². The van der Waals surface area contributed by atoms with Gasteiger partial charge in [-0.05, 0) is 73.8 Å². The van der Waals surface area contributed by atoms with Crippen LogP contribution in [0.1, 0.15) is 99.7 Å². The molecule has 2 aliphatic rings. The Morgan fingerprint density at radius 3 is 1.90 bits per heavy atom. The van der Waals surface area contributed by atoms with E-state index in [0.717, 1.165) is 41.0 Å². The summed E-state index contributed by atoms with van der Waals surface area (Å²) in [6.07, 6.45) is 11.9. The van der Waals surface area contributed by atoms with Crippen LogP contribution in [0.4, 0.5) is 5.69 Å². The molecular weight excluding hydrogens is 386 g/mol. The molecule has 0 N–H and O–H groups in total. The van der Waals surface area contributed by atoms with E-state index in [1.807, 2.05) is 6.92 Å². The van der Waals surface area contributed by atoms with Crippen molar-refractivity contribution in [1.82, 2.24) is 0 Å². The van der Waals surface area contributed by atoms with Gasteiger partial charge in [0.15, 0.2) is 0 Å². The minimum absolute atomic E-state index is 0.151. The Balaban J connectivity index is 1.72. The molecule has 0 saturated heterocycles. The molecule has 0 aliphatic heterocycles. The third-order valence-corrected chi connectivity index (χ3v) is 7.02. The van der Waals surface area contributed by atoms with E-state index in [-0.39, 0.29) is 10.6 Å². The van der Waals surface area contributed by atoms with E-state index in [2.05, 4.69) is 24.8 Å². The summed E-state index contributed by atoms with van der Waals surface area (Å²) < 4.78 is 6.56. The maximum Gasteiger partial charge on any atom is 0.269 e. The molecule has 2 aliphatic carbocycles. The van der Waals surface area contributed by atoms with E-state index in [9.17, 15) is 10.1 Å². The molecule has 164 valence electrons. The summed E-state index contributed by atoms with van der Waals surface area (Å²) in [7, 11) is 0. The fourth-order valence-electron chi connectivity index (χ4n) is 5.23. The van der Waals surface area contributed by atoms with Crippen molar-refractivity contribution in [1.29, 1.82) is 0 Å². The maximum atomic E-state index is 11.4. The van der Waals surface area contributed by atoms with Crippen LogP contribution in [0.2, 0.25) is 0 Å². The summed E-state index contributed by atoms with van der Waals surface area (Å²) in [5, 5.41) is 11.4. The molecule has 0 radical (unpaired) electrons. The van der Waals surface area contributed by atoms with Crippen molar-refractivity contribution in [2.75, 3.05) is 0 Å². The van der Waals surface area contributed by atoms with Crippen LogP contribution in [-0.2, 0) is 0 Å². The molecule has 2 saturated carbocycles. The first-order valence-corrected chi connectivity index (χ1v) is 11.8. The van der Waals surface area contributed by atoms with Gasteiger partial charge in [0, 0.05) is 17.7 Å². The summed E-state index contributed by atoms with van der Waals surface area (Å²) in [5.41, 5.74) is 4.62. The van der Waals surface area contributed by atoms with Gasteiger partial charge in [-0.1, -0.05) is 56.7 Å². The van der Waals surface area contributed by atoms with Gasteiger partial charge in [0.1, 0.15) is 11.5 Å². The van der Waals surface area contributed by atoms with Crippen LogP contribution >= 0.6 is 0 Å². The van der Waals surface area contributed by atoms with Gasteiger partial charge in [-0.25, -0.2) is 0 Å². The summed E-state index contributed by atoms with van der Waals surface area (Å²) in [5.74, 6) is 2.50. The summed E-state index contributed by atoms with van der Waals surface area (Å²) in [6, 6.07) is 11.5. The highest BCUT2D eigenvalue weighted by Crippen LogP contribution is 2.44. The highest BCUT2D eigenvalue weighted by atomic mass is 16.6. The lowest BCUT2D eigenvalue weighted by atomic mass is 9.82. The van der Waals surface area contributed by atoms with Crippen molar-refractivity contribution in [2.24, 2.45) is 0 Å². The van der Waals surface area contributed by atoms with Gasteiger partial charge in [-0.2, -0.15) is 0 Å². The molecule has 0 atom stereocenters. The number of rotatable bonds is 6. The molecule has 2 aromatic carbocycles. The number of hydrogen-bond acceptors (Lipinski definition) is 3. The summed E-state index contributed by atoms with van der Waals surface area (Å²) in [4.78, 5) is 11.1. The van der Waals surface area contributed by atoms with Gasteiger partial charge in [-0.3, -0.25) is 10.1 Å². The fraction of sp³-hybridized carbons (Fsp3) is 0.481. The van der Waals surface area contributed by atoms with Crippen LogP contribution in [-0.4, -0.2) is 4.92 Å². The highest BCUT2D eigenvalue weighted by Gasteiger charge is 2.25. The Kier molecular flexibility index (Phi) is 6.74. The van der Waals surface area contributed by atoms with E-state index < -0.39 is 0 Å². The van der Waals surface area contributed by atoms with E-state index in [4.69, 9.17) is 4.74 Å². The van der Waals surface area contributed by atoms with Crippen molar-refractivity contribution >= 4 is 11.3 Å². The van der Waals surface area contributed by atoms with Gasteiger partial charge >= 0.3 is 0 Å². The number of hydrogen-bond donors (Lipinski definition) is 0. The first-order valence-electron chi connectivity index (χ1n) is 11.8. The zero-order valence-electron chi connectivity index (χ0n) is 18.6. The molecule has 0 amide bonds. The van der Waals surface area contributed by atoms with E-state index in [1.165, 1.54) is 56.9 Å². The minimum Gasteiger partial charge on any atom is -0.457 e. The number of nitrogens with zero attached hydrogens (tertiary/aromatic N) is 1. The Hall–Kier alpha value is -2.62. The second-order valence-electron chi connectivity index (χ2n) is 9.28. The van der Waals surface area contributed by atoms with E-state index >= 15 is 0 Å². The number of nitro groups is 1. The molecule has 4 heteroatoms. The Morgan fingerprint density at radius 1 is 0.871 bits per heavy atom. The first-order chi connectivity index (χ1) is 15.0. The zero-order valence-corrected chi connectivity index (χ0v) is 18.6. The number of ether oxygens (including phenoxy) is 1. The topological polar surface area (TPSA) is 52.4 Å². The molecule has 0 bridgehead atoms. The van der Waals surface area contributed by atoms with Gasteiger partial charge < -0.3 is 4.74 Å². The average Bonchev–Trinajstić information content (AvgIpc) is 2.80. The molecule has 0 heterocycles. The summed E-state index contributed by atoms with van der Waals surface area (Å²) >= 11 is 0. The van der Waals surface area contributed by atoms with E-state index in [1.54, 1.807) is 18.2 Å². The minimum atomic E-state index is -0.300. The van der Waals surface area contributed by atoms with Crippen LogP contribution in [0.5, 0.6) is 11.5 Å². The number of benzene rings is 2. The van der Waals surface area contributed by atoms with E-state index in [0.29, 0.717) is 11.8 Å². The second-order valence-corrected chi connectivity index (χ2v) is 9.28. The summed E-state index contributed by atoms with van der Waals surface area (Å²) in [6.45, 7) is 6.16. The molecular formula is C27H33NO3. The average molecular weight is 420 g/mol.